The number of non-ortho nitro benzene ring substituents is 1. The van der Waals surface area contributed by atoms with Gasteiger partial charge in [0, 0.05) is 30.0 Å². The minimum absolute atomic E-state index is 0.0535. The number of carbonyl (C=O) groups is 1. The predicted octanol–water partition coefficient (Wildman–Crippen LogP) is 5.20. The molecule has 1 fully saturated rings. The number of nitrogens with zero attached hydrogens (tertiary/aromatic N) is 4. The molecular formula is C25H31N5O4S2. The summed E-state index contributed by atoms with van der Waals surface area (Å²) in [4.78, 5) is 35.0. The van der Waals surface area contributed by atoms with E-state index >= 15 is 0 Å². The van der Waals surface area contributed by atoms with Crippen molar-refractivity contribution in [2.24, 2.45) is 5.92 Å². The van der Waals surface area contributed by atoms with Crippen molar-refractivity contribution < 1.29 is 14.1 Å². The van der Waals surface area contributed by atoms with Crippen LogP contribution in [0.15, 0.2) is 45.3 Å². The molecule has 1 N–H and O–H groups in total. The number of nitrogens with one attached hydrogen (secondary N) is 1. The van der Waals surface area contributed by atoms with Gasteiger partial charge >= 0.3 is 0 Å². The molecule has 0 radical (unpaired) electrons. The summed E-state index contributed by atoms with van der Waals surface area (Å²) in [5.41, 5.74) is 0.775. The van der Waals surface area contributed by atoms with E-state index < -0.39 is 4.92 Å². The third kappa shape index (κ3) is 6.71. The van der Waals surface area contributed by atoms with E-state index in [2.05, 4.69) is 36.1 Å². The molecule has 1 aromatic carbocycles. The number of hydrogen-bond donors (Lipinski definition) is 1. The van der Waals surface area contributed by atoms with Gasteiger partial charge in [0.05, 0.1) is 27.3 Å². The number of thioether (sulfide) groups is 1. The van der Waals surface area contributed by atoms with E-state index in [1.54, 1.807) is 41.2 Å². The summed E-state index contributed by atoms with van der Waals surface area (Å²) < 4.78 is 6.86. The van der Waals surface area contributed by atoms with Gasteiger partial charge in [-0.25, -0.2) is 9.97 Å². The standard InChI is InChI=1S/C25H31N5O4S2/c1-25(2,3)20-14-27-21(34-20)16-35-22-15-28-24(36-22)29(23(31)18-7-10-26-11-8-18)12-9-17-5-4-6-19(13-17)30(32)33/h4-6,13-15,18,26H,7-12,16H2,1-3H3. The summed E-state index contributed by atoms with van der Waals surface area (Å²) in [6, 6.07) is 6.58. The van der Waals surface area contributed by atoms with Crippen LogP contribution in [0.2, 0.25) is 0 Å². The number of rotatable bonds is 9. The molecular weight excluding hydrogens is 498 g/mol. The highest BCUT2D eigenvalue weighted by Crippen LogP contribution is 2.34. The first-order valence-corrected chi connectivity index (χ1v) is 13.8. The summed E-state index contributed by atoms with van der Waals surface area (Å²) in [7, 11) is 0. The SMILES string of the molecule is CC(C)(C)c1cnc(CSc2cnc(N(CCc3cccc([N+](=O)[O-])c3)C(=O)C3CCNCC3)s2)o1. The lowest BCUT2D eigenvalue weighted by Crippen LogP contribution is -2.42. The molecule has 0 spiro atoms. The van der Waals surface area contributed by atoms with Crippen molar-refractivity contribution in [1.29, 1.82) is 0 Å². The molecule has 0 unspecified atom stereocenters. The molecule has 192 valence electrons. The summed E-state index contributed by atoms with van der Waals surface area (Å²) in [5.74, 6) is 2.10. The van der Waals surface area contributed by atoms with Gasteiger partial charge in [-0.1, -0.05) is 44.2 Å². The molecule has 1 aliphatic heterocycles. The number of thiazole rings is 1. The smallest absolute Gasteiger partial charge is 0.269 e. The number of hydrogen-bond acceptors (Lipinski definition) is 9. The lowest BCUT2D eigenvalue weighted by Gasteiger charge is -2.28. The Morgan fingerprint density at radius 3 is 2.75 bits per heavy atom. The van der Waals surface area contributed by atoms with E-state index in [9.17, 15) is 14.9 Å². The zero-order valence-corrected chi connectivity index (χ0v) is 22.4. The Labute approximate surface area is 218 Å². The van der Waals surface area contributed by atoms with Crippen LogP contribution in [0.25, 0.3) is 0 Å². The van der Waals surface area contributed by atoms with Crippen molar-refractivity contribution >= 4 is 39.8 Å². The molecule has 9 nitrogen and oxygen atoms in total. The Balaban J connectivity index is 1.47. The van der Waals surface area contributed by atoms with Gasteiger partial charge in [0.25, 0.3) is 5.69 Å². The van der Waals surface area contributed by atoms with Gasteiger partial charge in [-0.15, -0.1) is 11.8 Å². The monoisotopic (exact) mass is 529 g/mol. The number of piperidine rings is 1. The van der Waals surface area contributed by atoms with Crippen LogP contribution in [0.4, 0.5) is 10.8 Å². The van der Waals surface area contributed by atoms with Crippen molar-refractivity contribution in [1.82, 2.24) is 15.3 Å². The summed E-state index contributed by atoms with van der Waals surface area (Å²) in [5, 5.41) is 15.1. The predicted molar refractivity (Wildman–Crippen MR) is 142 cm³/mol. The normalized spacial score (nSPS) is 14.6. The molecule has 0 atom stereocenters. The van der Waals surface area contributed by atoms with E-state index in [1.807, 2.05) is 6.07 Å². The van der Waals surface area contributed by atoms with Crippen LogP contribution in [-0.2, 0) is 22.4 Å². The zero-order valence-electron chi connectivity index (χ0n) is 20.7. The Kier molecular flexibility index (Phi) is 8.43. The fraction of sp³-hybridized carbons (Fsp3) is 0.480. The maximum absolute atomic E-state index is 13.5. The van der Waals surface area contributed by atoms with Crippen molar-refractivity contribution in [2.45, 2.75) is 55.4 Å². The van der Waals surface area contributed by atoms with Gasteiger partial charge in [-0.3, -0.25) is 19.8 Å². The lowest BCUT2D eigenvalue weighted by atomic mass is 9.94. The van der Waals surface area contributed by atoms with E-state index in [-0.39, 0.29) is 22.9 Å². The van der Waals surface area contributed by atoms with Crippen LogP contribution < -0.4 is 10.2 Å². The molecule has 0 saturated carbocycles. The second-order valence-electron chi connectivity index (χ2n) is 9.81. The Morgan fingerprint density at radius 2 is 2.06 bits per heavy atom. The van der Waals surface area contributed by atoms with Crippen LogP contribution in [0.5, 0.6) is 0 Å². The topological polar surface area (TPSA) is 114 Å². The minimum atomic E-state index is -0.399. The average Bonchev–Trinajstić information content (AvgIpc) is 3.53. The van der Waals surface area contributed by atoms with Crippen LogP contribution in [0.1, 0.15) is 50.8 Å². The maximum Gasteiger partial charge on any atom is 0.269 e. The fourth-order valence-corrected chi connectivity index (χ4v) is 5.80. The Hall–Kier alpha value is -2.76. The van der Waals surface area contributed by atoms with Gasteiger partial charge in [0.1, 0.15) is 5.76 Å². The molecule has 0 bridgehead atoms. The zero-order chi connectivity index (χ0) is 25.7. The maximum atomic E-state index is 13.5. The number of oxazole rings is 1. The molecule has 11 heteroatoms. The number of anilines is 1. The Morgan fingerprint density at radius 1 is 1.28 bits per heavy atom. The first-order chi connectivity index (χ1) is 17.2. The number of benzene rings is 1. The summed E-state index contributed by atoms with van der Waals surface area (Å²) in [6.45, 7) is 8.31. The number of carbonyl (C=O) groups excluding carboxylic acids is 1. The number of nitro benzene ring substituents is 1. The number of nitro groups is 1. The van der Waals surface area contributed by atoms with Crippen LogP contribution in [0.3, 0.4) is 0 Å². The van der Waals surface area contributed by atoms with E-state index in [4.69, 9.17) is 4.42 Å². The first kappa shape index (κ1) is 26.3. The molecule has 4 rings (SSSR count). The molecule has 3 heterocycles. The van der Waals surface area contributed by atoms with E-state index in [0.29, 0.717) is 29.7 Å². The molecule has 0 aliphatic carbocycles. The number of amides is 1. The molecule has 36 heavy (non-hydrogen) atoms. The van der Waals surface area contributed by atoms with E-state index in [1.165, 1.54) is 17.4 Å². The van der Waals surface area contributed by atoms with Gasteiger partial charge in [-0.2, -0.15) is 0 Å². The second-order valence-corrected chi connectivity index (χ2v) is 12.1. The van der Waals surface area contributed by atoms with Crippen molar-refractivity contribution in [3.63, 3.8) is 0 Å². The molecule has 1 saturated heterocycles. The molecule has 1 aliphatic rings. The highest BCUT2D eigenvalue weighted by Gasteiger charge is 2.28. The van der Waals surface area contributed by atoms with Crippen molar-refractivity contribution in [3.8, 4) is 0 Å². The highest BCUT2D eigenvalue weighted by atomic mass is 32.2. The Bertz CT molecular complexity index is 1200. The van der Waals surface area contributed by atoms with Crippen molar-refractivity contribution in [2.75, 3.05) is 24.5 Å². The largest absolute Gasteiger partial charge is 0.444 e. The van der Waals surface area contributed by atoms with Crippen molar-refractivity contribution in [3.05, 3.63) is 64.0 Å². The van der Waals surface area contributed by atoms with Gasteiger partial charge in [-0.05, 0) is 37.9 Å². The summed E-state index contributed by atoms with van der Waals surface area (Å²) >= 11 is 3.05. The lowest BCUT2D eigenvalue weighted by molar-refractivity contribution is -0.384. The van der Waals surface area contributed by atoms with Gasteiger partial charge in [0.15, 0.2) is 5.13 Å². The van der Waals surface area contributed by atoms with Crippen LogP contribution in [0, 0.1) is 16.0 Å². The van der Waals surface area contributed by atoms with Gasteiger partial charge in [0.2, 0.25) is 11.8 Å². The molecule has 3 aromatic rings. The number of aromatic nitrogens is 2. The molecule has 1 amide bonds. The third-order valence-corrected chi connectivity index (χ3v) is 8.23. The van der Waals surface area contributed by atoms with E-state index in [0.717, 1.165) is 41.5 Å². The minimum Gasteiger partial charge on any atom is -0.444 e. The van der Waals surface area contributed by atoms with Crippen LogP contribution in [-0.4, -0.2) is 40.4 Å². The first-order valence-electron chi connectivity index (χ1n) is 12.0. The van der Waals surface area contributed by atoms with Crippen LogP contribution >= 0.6 is 23.1 Å². The average molecular weight is 530 g/mol. The van der Waals surface area contributed by atoms with Gasteiger partial charge < -0.3 is 9.73 Å². The highest BCUT2D eigenvalue weighted by molar-refractivity contribution is 8.00. The second kappa shape index (κ2) is 11.5. The third-order valence-electron chi connectivity index (χ3n) is 6.03. The quantitative estimate of drug-likeness (QED) is 0.228. The summed E-state index contributed by atoms with van der Waals surface area (Å²) in [6.07, 6.45) is 5.65. The molecule has 2 aromatic heterocycles. The fourth-order valence-electron chi connectivity index (χ4n) is 3.95.